The van der Waals surface area contributed by atoms with Crippen molar-refractivity contribution in [2.45, 2.75) is 57.8 Å². The molecular weight excluding hydrogens is 410 g/mol. The number of hydrogen-bond acceptors (Lipinski definition) is 5. The molecule has 1 saturated heterocycles. The number of fused-ring (bicyclic) bond motifs is 3. The normalized spacial score (nSPS) is 30.2. The molecule has 0 unspecified atom stereocenters. The second-order valence-corrected chi connectivity index (χ2v) is 10.2. The molecule has 3 atom stereocenters. The third kappa shape index (κ3) is 3.86. The molecule has 1 aliphatic heterocycles. The van der Waals surface area contributed by atoms with E-state index in [-0.39, 0.29) is 17.3 Å². The Morgan fingerprint density at radius 3 is 2.65 bits per heavy atom. The van der Waals surface area contributed by atoms with Crippen LogP contribution in [0.15, 0.2) is 12.1 Å². The van der Waals surface area contributed by atoms with Gasteiger partial charge in [-0.1, -0.05) is 31.6 Å². The molecule has 0 N–H and O–H groups in total. The Hall–Kier alpha value is -1.66. The van der Waals surface area contributed by atoms with E-state index in [2.05, 4.69) is 30.9 Å². The lowest BCUT2D eigenvalue weighted by atomic mass is 9.49. The van der Waals surface area contributed by atoms with Gasteiger partial charge in [-0.3, -0.25) is 4.79 Å². The number of carbonyl (C=O) groups excluding carboxylic acids is 1. The van der Waals surface area contributed by atoms with Crippen molar-refractivity contribution >= 4 is 23.2 Å². The summed E-state index contributed by atoms with van der Waals surface area (Å²) in [4.78, 5) is 16.0. The summed E-state index contributed by atoms with van der Waals surface area (Å²) < 4.78 is 16.6. The molecule has 2 fully saturated rings. The van der Waals surface area contributed by atoms with Gasteiger partial charge in [0.2, 0.25) is 0 Å². The first kappa shape index (κ1) is 22.5. The molecule has 170 valence electrons. The Kier molecular flexibility index (Phi) is 6.32. The Balaban J connectivity index is 1.66. The van der Waals surface area contributed by atoms with Gasteiger partial charge < -0.3 is 19.1 Å². The fourth-order valence-corrected chi connectivity index (χ4v) is 6.78. The van der Waals surface area contributed by atoms with Crippen LogP contribution in [0.1, 0.15) is 56.2 Å². The highest BCUT2D eigenvalue weighted by Gasteiger charge is 2.55. The summed E-state index contributed by atoms with van der Waals surface area (Å²) in [6.45, 7) is 7.64. The SMILES string of the molecule is COC(=O)[C@]1(C)CCC[C@@]2(C)c3cc(OC)c(CC(=S)N4CCOCC4)cc3CC[C@@H]12. The second kappa shape index (κ2) is 8.70. The number of benzene rings is 1. The van der Waals surface area contributed by atoms with E-state index in [0.29, 0.717) is 6.42 Å². The van der Waals surface area contributed by atoms with Gasteiger partial charge in [0.05, 0.1) is 37.8 Å². The fraction of sp³-hybridized carbons (Fsp3) is 0.680. The van der Waals surface area contributed by atoms with E-state index in [0.717, 1.165) is 74.7 Å². The molecule has 5 nitrogen and oxygen atoms in total. The van der Waals surface area contributed by atoms with Gasteiger partial charge in [-0.25, -0.2) is 0 Å². The van der Waals surface area contributed by atoms with Gasteiger partial charge in [0.15, 0.2) is 0 Å². The number of methoxy groups -OCH3 is 2. The quantitative estimate of drug-likeness (QED) is 0.514. The molecule has 1 saturated carbocycles. The van der Waals surface area contributed by atoms with Crippen LogP contribution in [0, 0.1) is 11.3 Å². The summed E-state index contributed by atoms with van der Waals surface area (Å²) in [5.74, 6) is 1.12. The smallest absolute Gasteiger partial charge is 0.311 e. The third-order valence-corrected chi connectivity index (χ3v) is 8.51. The largest absolute Gasteiger partial charge is 0.496 e. The minimum atomic E-state index is -0.427. The lowest BCUT2D eigenvalue weighted by Crippen LogP contribution is -2.52. The number of nitrogens with zero attached hydrogens (tertiary/aromatic N) is 1. The molecule has 0 bridgehead atoms. The number of ether oxygens (including phenoxy) is 3. The van der Waals surface area contributed by atoms with E-state index >= 15 is 0 Å². The van der Waals surface area contributed by atoms with Crippen molar-refractivity contribution in [1.82, 2.24) is 4.90 Å². The van der Waals surface area contributed by atoms with Crippen molar-refractivity contribution in [3.63, 3.8) is 0 Å². The molecule has 3 aliphatic rings. The molecule has 1 aromatic carbocycles. The summed E-state index contributed by atoms with van der Waals surface area (Å²) in [5, 5.41) is 0. The van der Waals surface area contributed by atoms with Crippen LogP contribution in [0.5, 0.6) is 5.75 Å². The minimum absolute atomic E-state index is 0.0503. The molecule has 31 heavy (non-hydrogen) atoms. The molecule has 6 heteroatoms. The zero-order chi connectivity index (χ0) is 22.2. The van der Waals surface area contributed by atoms with Gasteiger partial charge in [0.1, 0.15) is 5.75 Å². The Bertz CT molecular complexity index is 865. The molecule has 0 radical (unpaired) electrons. The average Bonchev–Trinajstić information content (AvgIpc) is 2.78. The minimum Gasteiger partial charge on any atom is -0.496 e. The van der Waals surface area contributed by atoms with Crippen molar-refractivity contribution < 1.29 is 19.0 Å². The molecule has 1 heterocycles. The maximum atomic E-state index is 12.8. The lowest BCUT2D eigenvalue weighted by molar-refractivity contribution is -0.161. The van der Waals surface area contributed by atoms with Crippen LogP contribution in [-0.4, -0.2) is 56.4 Å². The first-order valence-electron chi connectivity index (χ1n) is 11.5. The van der Waals surface area contributed by atoms with Gasteiger partial charge in [0, 0.05) is 25.1 Å². The van der Waals surface area contributed by atoms with Crippen molar-refractivity contribution in [3.8, 4) is 5.75 Å². The summed E-state index contributed by atoms with van der Waals surface area (Å²) >= 11 is 5.77. The Morgan fingerprint density at radius 1 is 1.23 bits per heavy atom. The first-order chi connectivity index (χ1) is 14.8. The van der Waals surface area contributed by atoms with Gasteiger partial charge >= 0.3 is 5.97 Å². The summed E-state index contributed by atoms with van der Waals surface area (Å²) in [7, 11) is 3.26. The van der Waals surface area contributed by atoms with Crippen LogP contribution >= 0.6 is 12.2 Å². The highest BCUT2D eigenvalue weighted by Crippen LogP contribution is 2.58. The molecular formula is C25H35NO4S. The van der Waals surface area contributed by atoms with E-state index in [1.807, 2.05) is 0 Å². The van der Waals surface area contributed by atoms with E-state index in [1.54, 1.807) is 7.11 Å². The molecule has 4 rings (SSSR count). The van der Waals surface area contributed by atoms with Crippen molar-refractivity contribution in [1.29, 1.82) is 0 Å². The van der Waals surface area contributed by atoms with Crippen molar-refractivity contribution in [3.05, 3.63) is 28.8 Å². The van der Waals surface area contributed by atoms with Gasteiger partial charge in [-0.05, 0) is 61.1 Å². The Labute approximate surface area is 191 Å². The Morgan fingerprint density at radius 2 is 1.97 bits per heavy atom. The first-order valence-corrected chi connectivity index (χ1v) is 11.9. The van der Waals surface area contributed by atoms with Gasteiger partial charge in [0.25, 0.3) is 0 Å². The second-order valence-electron chi connectivity index (χ2n) is 9.76. The molecule has 0 aromatic heterocycles. The number of esters is 1. The summed E-state index contributed by atoms with van der Waals surface area (Å²) in [6, 6.07) is 4.55. The van der Waals surface area contributed by atoms with Crippen LogP contribution in [-0.2, 0) is 32.5 Å². The third-order valence-electron chi connectivity index (χ3n) is 8.11. The monoisotopic (exact) mass is 445 g/mol. The van der Waals surface area contributed by atoms with Gasteiger partial charge in [-0.15, -0.1) is 0 Å². The van der Waals surface area contributed by atoms with Crippen LogP contribution < -0.4 is 4.74 Å². The maximum absolute atomic E-state index is 12.8. The summed E-state index contributed by atoms with van der Waals surface area (Å²) in [6.07, 6.45) is 5.72. The molecule has 2 aliphatic carbocycles. The van der Waals surface area contributed by atoms with E-state index < -0.39 is 5.41 Å². The predicted octanol–water partition coefficient (Wildman–Crippen LogP) is 4.08. The number of morpholine rings is 1. The topological polar surface area (TPSA) is 48.0 Å². The fourth-order valence-electron chi connectivity index (χ4n) is 6.44. The average molecular weight is 446 g/mol. The molecule has 1 aromatic rings. The van der Waals surface area contributed by atoms with Crippen LogP contribution in [0.4, 0.5) is 0 Å². The zero-order valence-electron chi connectivity index (χ0n) is 19.3. The van der Waals surface area contributed by atoms with Crippen LogP contribution in [0.3, 0.4) is 0 Å². The number of thiocarbonyl (C=S) groups is 1. The number of aryl methyl sites for hydroxylation is 1. The zero-order valence-corrected chi connectivity index (χ0v) is 20.1. The number of rotatable bonds is 4. The van der Waals surface area contributed by atoms with Gasteiger partial charge in [-0.2, -0.15) is 0 Å². The molecule has 0 amide bonds. The van der Waals surface area contributed by atoms with E-state index in [4.69, 9.17) is 26.4 Å². The lowest BCUT2D eigenvalue weighted by Gasteiger charge is -2.54. The highest BCUT2D eigenvalue weighted by molar-refractivity contribution is 7.80. The van der Waals surface area contributed by atoms with Crippen molar-refractivity contribution in [2.24, 2.45) is 11.3 Å². The van der Waals surface area contributed by atoms with E-state index in [1.165, 1.54) is 18.2 Å². The number of carbonyl (C=O) groups is 1. The standard InChI is InChI=1S/C25H35NO4S/c1-24-8-5-9-25(2,23(27)29-4)21(24)7-6-17-14-18(20(28-3)16-19(17)24)15-22(31)26-10-12-30-13-11-26/h14,16,21H,5-13,15H2,1-4H3/t21-,24+,25-/m1/s1. The van der Waals surface area contributed by atoms with Crippen LogP contribution in [0.25, 0.3) is 0 Å². The summed E-state index contributed by atoms with van der Waals surface area (Å²) in [5.41, 5.74) is 3.41. The molecule has 0 spiro atoms. The predicted molar refractivity (Wildman–Crippen MR) is 125 cm³/mol. The van der Waals surface area contributed by atoms with Crippen LogP contribution in [0.2, 0.25) is 0 Å². The highest BCUT2D eigenvalue weighted by atomic mass is 32.1. The maximum Gasteiger partial charge on any atom is 0.311 e. The number of hydrogen-bond donors (Lipinski definition) is 0. The van der Waals surface area contributed by atoms with Crippen molar-refractivity contribution in [2.75, 3.05) is 40.5 Å². The van der Waals surface area contributed by atoms with E-state index in [9.17, 15) is 4.79 Å².